The molecule has 3 amide bonds. The lowest BCUT2D eigenvalue weighted by atomic mass is 10.1. The molecule has 1 heterocycles. The number of amides is 3. The summed E-state index contributed by atoms with van der Waals surface area (Å²) in [6.07, 6.45) is 5.36. The SMILES string of the molecule is CSCCC(NC(=O)C(C)NC(=O)C1CCCN1)C(=O)NC(CCCCN)C(=O)O. The number of hydrogen-bond acceptors (Lipinski definition) is 7. The molecule has 1 saturated heterocycles. The van der Waals surface area contributed by atoms with Crippen molar-refractivity contribution in [2.45, 2.75) is 69.6 Å². The summed E-state index contributed by atoms with van der Waals surface area (Å²) in [6.45, 7) is 2.77. The third kappa shape index (κ3) is 9.31. The van der Waals surface area contributed by atoms with E-state index in [1.54, 1.807) is 6.92 Å². The fourth-order valence-electron chi connectivity index (χ4n) is 3.11. The van der Waals surface area contributed by atoms with Crippen LogP contribution < -0.4 is 27.0 Å². The molecule has 1 aliphatic heterocycles. The first kappa shape index (κ1) is 26.2. The summed E-state index contributed by atoms with van der Waals surface area (Å²) in [6, 6.07) is -3.04. The monoisotopic (exact) mass is 445 g/mol. The lowest BCUT2D eigenvalue weighted by Gasteiger charge is -2.23. The summed E-state index contributed by atoms with van der Waals surface area (Å²) < 4.78 is 0. The molecular weight excluding hydrogens is 410 g/mol. The summed E-state index contributed by atoms with van der Waals surface area (Å²) in [4.78, 5) is 48.8. The fraction of sp³-hybridized carbons (Fsp3) is 0.789. The van der Waals surface area contributed by atoms with E-state index < -0.39 is 35.9 Å². The smallest absolute Gasteiger partial charge is 0.326 e. The van der Waals surface area contributed by atoms with Crippen LogP contribution in [0.2, 0.25) is 0 Å². The molecule has 0 aromatic rings. The number of rotatable bonds is 14. The molecule has 1 fully saturated rings. The van der Waals surface area contributed by atoms with Crippen molar-refractivity contribution in [2.75, 3.05) is 25.1 Å². The lowest BCUT2D eigenvalue weighted by Crippen LogP contribution is -2.56. The summed E-state index contributed by atoms with van der Waals surface area (Å²) in [7, 11) is 0. The van der Waals surface area contributed by atoms with E-state index in [1.807, 2.05) is 6.26 Å². The highest BCUT2D eigenvalue weighted by atomic mass is 32.2. The van der Waals surface area contributed by atoms with Crippen LogP contribution >= 0.6 is 11.8 Å². The van der Waals surface area contributed by atoms with E-state index in [9.17, 15) is 24.3 Å². The second-order valence-electron chi connectivity index (χ2n) is 7.41. The average Bonchev–Trinajstić information content (AvgIpc) is 3.24. The first-order valence-electron chi connectivity index (χ1n) is 10.4. The highest BCUT2D eigenvalue weighted by Gasteiger charge is 2.29. The molecular formula is C19H35N5O5S. The summed E-state index contributed by atoms with van der Waals surface area (Å²) in [5.74, 6) is -1.80. The van der Waals surface area contributed by atoms with Gasteiger partial charge in [0.25, 0.3) is 0 Å². The van der Waals surface area contributed by atoms with Crippen molar-refractivity contribution in [3.63, 3.8) is 0 Å². The molecule has 0 bridgehead atoms. The van der Waals surface area contributed by atoms with E-state index in [-0.39, 0.29) is 18.4 Å². The van der Waals surface area contributed by atoms with Gasteiger partial charge in [-0.15, -0.1) is 0 Å². The highest BCUT2D eigenvalue weighted by molar-refractivity contribution is 7.98. The van der Waals surface area contributed by atoms with E-state index in [4.69, 9.17) is 5.73 Å². The average molecular weight is 446 g/mol. The number of carboxylic acid groups (broad SMARTS) is 1. The second kappa shape index (κ2) is 14.2. The number of nitrogens with two attached hydrogens (primary N) is 1. The van der Waals surface area contributed by atoms with Crippen LogP contribution in [0, 0.1) is 0 Å². The van der Waals surface area contributed by atoms with Crippen LogP contribution in [0.25, 0.3) is 0 Å². The van der Waals surface area contributed by atoms with E-state index >= 15 is 0 Å². The molecule has 30 heavy (non-hydrogen) atoms. The van der Waals surface area contributed by atoms with Gasteiger partial charge in [0, 0.05) is 0 Å². The normalized spacial score (nSPS) is 18.8. The van der Waals surface area contributed by atoms with Gasteiger partial charge in [-0.1, -0.05) is 0 Å². The van der Waals surface area contributed by atoms with Gasteiger partial charge in [0.2, 0.25) is 17.7 Å². The Morgan fingerprint density at radius 3 is 2.37 bits per heavy atom. The zero-order valence-electron chi connectivity index (χ0n) is 17.7. The van der Waals surface area contributed by atoms with Crippen molar-refractivity contribution in [2.24, 2.45) is 5.73 Å². The number of carbonyl (C=O) groups excluding carboxylic acids is 3. The fourth-order valence-corrected chi connectivity index (χ4v) is 3.58. The third-order valence-corrected chi connectivity index (χ3v) is 5.58. The number of hydrogen-bond donors (Lipinski definition) is 6. The molecule has 0 saturated carbocycles. The Bertz CT molecular complexity index is 586. The molecule has 172 valence electrons. The third-order valence-electron chi connectivity index (χ3n) is 4.93. The maximum absolute atomic E-state index is 12.7. The van der Waals surface area contributed by atoms with Crippen LogP contribution in [0.1, 0.15) is 45.4 Å². The maximum Gasteiger partial charge on any atom is 0.326 e. The van der Waals surface area contributed by atoms with Gasteiger partial charge in [-0.2, -0.15) is 11.8 Å². The number of unbranched alkanes of at least 4 members (excludes halogenated alkanes) is 1. The molecule has 1 rings (SSSR count). The number of aliphatic carboxylic acids is 1. The summed E-state index contributed by atoms with van der Waals surface area (Å²) in [5.41, 5.74) is 5.43. The van der Waals surface area contributed by atoms with Crippen LogP contribution in [-0.2, 0) is 19.2 Å². The van der Waals surface area contributed by atoms with E-state index in [2.05, 4.69) is 21.3 Å². The number of carboxylic acids is 1. The Kier molecular flexibility index (Phi) is 12.4. The van der Waals surface area contributed by atoms with Crippen LogP contribution in [0.3, 0.4) is 0 Å². The minimum Gasteiger partial charge on any atom is -0.480 e. The van der Waals surface area contributed by atoms with Gasteiger partial charge in [-0.05, 0) is 70.5 Å². The molecule has 7 N–H and O–H groups in total. The van der Waals surface area contributed by atoms with Crippen molar-refractivity contribution >= 4 is 35.5 Å². The van der Waals surface area contributed by atoms with Crippen LogP contribution in [0.4, 0.5) is 0 Å². The number of nitrogens with one attached hydrogen (secondary N) is 4. The van der Waals surface area contributed by atoms with E-state index in [1.165, 1.54) is 11.8 Å². The highest BCUT2D eigenvalue weighted by Crippen LogP contribution is 2.07. The standard InChI is InChI=1S/C19H35N5O5S/c1-12(22-17(26)13-7-5-10-21-13)16(25)23-14(8-11-30-2)18(27)24-15(19(28)29)6-3-4-9-20/h12-15,21H,3-11,20H2,1-2H3,(H,22,26)(H,23,25)(H,24,27)(H,28,29). The van der Waals surface area contributed by atoms with Crippen molar-refractivity contribution in [1.82, 2.24) is 21.3 Å². The molecule has 0 spiro atoms. The molecule has 4 unspecified atom stereocenters. The van der Waals surface area contributed by atoms with Gasteiger partial charge < -0.3 is 32.1 Å². The predicted molar refractivity (Wildman–Crippen MR) is 116 cm³/mol. The molecule has 0 aromatic heterocycles. The van der Waals surface area contributed by atoms with Crippen LogP contribution in [0.15, 0.2) is 0 Å². The quantitative estimate of drug-likeness (QED) is 0.189. The van der Waals surface area contributed by atoms with E-state index in [0.29, 0.717) is 31.6 Å². The molecule has 4 atom stereocenters. The zero-order chi connectivity index (χ0) is 22.5. The molecule has 0 aliphatic carbocycles. The van der Waals surface area contributed by atoms with Crippen molar-refractivity contribution in [3.8, 4) is 0 Å². The molecule has 1 aliphatic rings. The van der Waals surface area contributed by atoms with E-state index in [0.717, 1.165) is 19.4 Å². The predicted octanol–water partition coefficient (Wildman–Crippen LogP) is -0.821. The molecule has 10 nitrogen and oxygen atoms in total. The second-order valence-corrected chi connectivity index (χ2v) is 8.39. The minimum absolute atomic E-state index is 0.244. The van der Waals surface area contributed by atoms with Crippen LogP contribution in [-0.4, -0.2) is 78.1 Å². The minimum atomic E-state index is -1.12. The van der Waals surface area contributed by atoms with Gasteiger partial charge in [-0.3, -0.25) is 14.4 Å². The summed E-state index contributed by atoms with van der Waals surface area (Å²) >= 11 is 1.51. The zero-order valence-corrected chi connectivity index (χ0v) is 18.6. The van der Waals surface area contributed by atoms with Crippen molar-refractivity contribution in [3.05, 3.63) is 0 Å². The van der Waals surface area contributed by atoms with Gasteiger partial charge in [0.15, 0.2) is 0 Å². The van der Waals surface area contributed by atoms with Gasteiger partial charge in [0.05, 0.1) is 6.04 Å². The Balaban J connectivity index is 2.66. The molecule has 0 radical (unpaired) electrons. The Labute approximate surface area is 181 Å². The summed E-state index contributed by atoms with van der Waals surface area (Å²) in [5, 5.41) is 20.2. The van der Waals surface area contributed by atoms with Crippen molar-refractivity contribution < 1.29 is 24.3 Å². The Hall–Kier alpha value is -1.85. The first-order valence-corrected chi connectivity index (χ1v) is 11.8. The topological polar surface area (TPSA) is 163 Å². The molecule has 0 aromatic carbocycles. The number of thioether (sulfide) groups is 1. The lowest BCUT2D eigenvalue weighted by molar-refractivity contribution is -0.142. The Morgan fingerprint density at radius 1 is 1.10 bits per heavy atom. The largest absolute Gasteiger partial charge is 0.480 e. The molecule has 11 heteroatoms. The van der Waals surface area contributed by atoms with Gasteiger partial charge in [0.1, 0.15) is 18.1 Å². The van der Waals surface area contributed by atoms with Crippen molar-refractivity contribution in [1.29, 1.82) is 0 Å². The van der Waals surface area contributed by atoms with Gasteiger partial charge in [-0.25, -0.2) is 4.79 Å². The number of carbonyl (C=O) groups is 4. The maximum atomic E-state index is 12.7. The first-order chi connectivity index (χ1) is 14.3. The van der Waals surface area contributed by atoms with Crippen LogP contribution in [0.5, 0.6) is 0 Å². The Morgan fingerprint density at radius 2 is 1.80 bits per heavy atom. The van der Waals surface area contributed by atoms with Gasteiger partial charge >= 0.3 is 5.97 Å².